The second-order valence-electron chi connectivity index (χ2n) is 3.25. The fourth-order valence-electron chi connectivity index (χ4n) is 1.34. The van der Waals surface area contributed by atoms with E-state index in [2.05, 4.69) is 10.1 Å². The third kappa shape index (κ3) is 2.25. The largest absolute Gasteiger partial charge is 0.480 e. The monoisotopic (exact) mass is 287 g/mol. The van der Waals surface area contributed by atoms with Crippen molar-refractivity contribution in [3.8, 4) is 11.7 Å². The summed E-state index contributed by atoms with van der Waals surface area (Å²) in [5, 5.41) is 13.5. The van der Waals surface area contributed by atoms with Gasteiger partial charge in [0.1, 0.15) is 0 Å². The molecule has 0 spiro atoms. The lowest BCUT2D eigenvalue weighted by atomic mass is 10.4. The molecule has 2 aromatic rings. The molecule has 0 radical (unpaired) electrons. The van der Waals surface area contributed by atoms with Gasteiger partial charge >= 0.3 is 5.97 Å². The molecule has 0 aliphatic carbocycles. The molecule has 0 bridgehead atoms. The maximum atomic E-state index is 11.1. The molecule has 0 aliphatic heterocycles. The van der Waals surface area contributed by atoms with Crippen LogP contribution in [0.4, 0.5) is 0 Å². The van der Waals surface area contributed by atoms with E-state index >= 15 is 0 Å². The summed E-state index contributed by atoms with van der Waals surface area (Å²) in [4.78, 5) is 15.0. The molecule has 1 N–H and O–H groups in total. The average Bonchev–Trinajstić information content (AvgIpc) is 2.73. The number of hydrogen-bond acceptors (Lipinski definition) is 4. The summed E-state index contributed by atoms with van der Waals surface area (Å²) < 4.78 is 5.96. The fourth-order valence-corrected chi connectivity index (χ4v) is 1.80. The fraction of sp³-hybridized carbons (Fsp3) is 0.100. The van der Waals surface area contributed by atoms with E-state index in [0.717, 1.165) is 4.68 Å². The third-order valence-electron chi connectivity index (χ3n) is 2.10. The molecular weight excluding hydrogens is 281 g/mol. The molecule has 0 aromatic carbocycles. The molecule has 0 aliphatic rings. The summed E-state index contributed by atoms with van der Waals surface area (Å²) >= 11 is 11.7. The van der Waals surface area contributed by atoms with Gasteiger partial charge in [-0.25, -0.2) is 14.5 Å². The highest BCUT2D eigenvalue weighted by molar-refractivity contribution is 6.35. The van der Waals surface area contributed by atoms with Crippen molar-refractivity contribution < 1.29 is 14.6 Å². The maximum absolute atomic E-state index is 11.1. The number of methoxy groups -OCH3 is 1. The molecule has 2 heterocycles. The number of pyridine rings is 1. The van der Waals surface area contributed by atoms with E-state index in [4.69, 9.17) is 33.0 Å². The van der Waals surface area contributed by atoms with Crippen LogP contribution in [-0.2, 0) is 0 Å². The van der Waals surface area contributed by atoms with Crippen molar-refractivity contribution in [3.05, 3.63) is 34.1 Å². The molecule has 2 aromatic heterocycles. The Morgan fingerprint density at radius 2 is 2.17 bits per heavy atom. The molecule has 0 unspecified atom stereocenters. The highest BCUT2D eigenvalue weighted by Gasteiger charge is 2.19. The highest BCUT2D eigenvalue weighted by Crippen LogP contribution is 2.24. The van der Waals surface area contributed by atoms with Gasteiger partial charge in [-0.3, -0.25) is 0 Å². The normalized spacial score (nSPS) is 10.4. The number of nitrogens with zero attached hydrogens (tertiary/aromatic N) is 3. The van der Waals surface area contributed by atoms with Crippen LogP contribution in [0.25, 0.3) is 5.82 Å². The van der Waals surface area contributed by atoms with Gasteiger partial charge in [0.2, 0.25) is 5.88 Å². The number of hydrogen-bond donors (Lipinski definition) is 1. The van der Waals surface area contributed by atoms with E-state index in [1.807, 2.05) is 0 Å². The van der Waals surface area contributed by atoms with E-state index < -0.39 is 5.97 Å². The Bertz CT molecular complexity index is 612. The van der Waals surface area contributed by atoms with Crippen LogP contribution >= 0.6 is 23.2 Å². The molecule has 0 fully saturated rings. The molecule has 0 saturated carbocycles. The zero-order chi connectivity index (χ0) is 13.3. The van der Waals surface area contributed by atoms with Crippen molar-refractivity contribution in [1.29, 1.82) is 0 Å². The van der Waals surface area contributed by atoms with E-state index in [1.165, 1.54) is 25.4 Å². The first kappa shape index (κ1) is 12.7. The Labute approximate surface area is 112 Å². The van der Waals surface area contributed by atoms with E-state index in [-0.39, 0.29) is 22.4 Å². The van der Waals surface area contributed by atoms with Crippen LogP contribution in [0.1, 0.15) is 10.5 Å². The number of carboxylic acids is 1. The molecule has 6 nitrogen and oxygen atoms in total. The minimum atomic E-state index is -1.17. The van der Waals surface area contributed by atoms with Crippen molar-refractivity contribution >= 4 is 29.2 Å². The van der Waals surface area contributed by atoms with Gasteiger partial charge in [-0.2, -0.15) is 0 Å². The van der Waals surface area contributed by atoms with Crippen LogP contribution in [0.2, 0.25) is 10.0 Å². The SMILES string of the molecule is COc1cc(C(=O)O)n(-c2ncc(Cl)cc2Cl)n1. The predicted octanol–water partition coefficient (Wildman–Crippen LogP) is 2.28. The van der Waals surface area contributed by atoms with Crippen molar-refractivity contribution in [2.45, 2.75) is 0 Å². The lowest BCUT2D eigenvalue weighted by Crippen LogP contribution is -2.09. The van der Waals surface area contributed by atoms with Gasteiger partial charge < -0.3 is 9.84 Å². The van der Waals surface area contributed by atoms with Crippen LogP contribution in [0.15, 0.2) is 18.3 Å². The number of aromatic nitrogens is 3. The van der Waals surface area contributed by atoms with Crippen LogP contribution in [0.3, 0.4) is 0 Å². The third-order valence-corrected chi connectivity index (χ3v) is 2.59. The Hall–Kier alpha value is -1.79. The summed E-state index contributed by atoms with van der Waals surface area (Å²) in [5.41, 5.74) is -0.108. The van der Waals surface area contributed by atoms with Crippen LogP contribution in [0.5, 0.6) is 5.88 Å². The second-order valence-corrected chi connectivity index (χ2v) is 4.09. The summed E-state index contributed by atoms with van der Waals surface area (Å²) in [6.45, 7) is 0. The Morgan fingerprint density at radius 1 is 1.44 bits per heavy atom. The zero-order valence-corrected chi connectivity index (χ0v) is 10.6. The number of ether oxygens (including phenoxy) is 1. The summed E-state index contributed by atoms with van der Waals surface area (Å²) in [6.07, 6.45) is 1.35. The molecule has 0 atom stereocenters. The Balaban J connectivity index is 2.62. The Morgan fingerprint density at radius 3 is 2.72 bits per heavy atom. The number of aromatic carboxylic acids is 1. The van der Waals surface area contributed by atoms with Crippen molar-refractivity contribution in [1.82, 2.24) is 14.8 Å². The van der Waals surface area contributed by atoms with Gasteiger partial charge in [0.25, 0.3) is 0 Å². The number of carboxylic acid groups (broad SMARTS) is 1. The second kappa shape index (κ2) is 4.83. The topological polar surface area (TPSA) is 77.2 Å². The molecule has 18 heavy (non-hydrogen) atoms. The number of halogens is 2. The van der Waals surface area contributed by atoms with Crippen molar-refractivity contribution in [2.24, 2.45) is 0 Å². The quantitative estimate of drug-likeness (QED) is 0.937. The van der Waals surface area contributed by atoms with Gasteiger partial charge in [0.05, 0.1) is 17.2 Å². The van der Waals surface area contributed by atoms with Crippen LogP contribution < -0.4 is 4.74 Å². The average molecular weight is 288 g/mol. The lowest BCUT2D eigenvalue weighted by Gasteiger charge is -2.05. The van der Waals surface area contributed by atoms with E-state index in [0.29, 0.717) is 5.02 Å². The molecule has 2 rings (SSSR count). The lowest BCUT2D eigenvalue weighted by molar-refractivity contribution is 0.0687. The smallest absolute Gasteiger partial charge is 0.354 e. The van der Waals surface area contributed by atoms with Gasteiger partial charge in [-0.1, -0.05) is 23.2 Å². The van der Waals surface area contributed by atoms with Crippen LogP contribution in [-0.4, -0.2) is 33.0 Å². The number of carbonyl (C=O) groups is 1. The molecule has 0 amide bonds. The molecule has 0 saturated heterocycles. The molecule has 8 heteroatoms. The van der Waals surface area contributed by atoms with Crippen molar-refractivity contribution in [2.75, 3.05) is 7.11 Å². The minimum Gasteiger partial charge on any atom is -0.480 e. The summed E-state index contributed by atoms with van der Waals surface area (Å²) in [7, 11) is 1.38. The zero-order valence-electron chi connectivity index (χ0n) is 9.09. The first-order valence-corrected chi connectivity index (χ1v) is 5.47. The van der Waals surface area contributed by atoms with Crippen molar-refractivity contribution in [3.63, 3.8) is 0 Å². The first-order valence-electron chi connectivity index (χ1n) is 4.71. The highest BCUT2D eigenvalue weighted by atomic mass is 35.5. The van der Waals surface area contributed by atoms with E-state index in [9.17, 15) is 4.79 Å². The maximum Gasteiger partial charge on any atom is 0.354 e. The predicted molar refractivity (Wildman–Crippen MR) is 64.9 cm³/mol. The van der Waals surface area contributed by atoms with Gasteiger partial charge in [-0.05, 0) is 6.07 Å². The first-order chi connectivity index (χ1) is 8.52. The minimum absolute atomic E-state index is 0.108. The van der Waals surface area contributed by atoms with E-state index in [1.54, 1.807) is 0 Å². The number of rotatable bonds is 3. The summed E-state index contributed by atoms with van der Waals surface area (Å²) in [6, 6.07) is 2.72. The van der Waals surface area contributed by atoms with Gasteiger partial charge in [-0.15, -0.1) is 5.10 Å². The van der Waals surface area contributed by atoms with Gasteiger partial charge in [0.15, 0.2) is 11.5 Å². The van der Waals surface area contributed by atoms with Crippen LogP contribution in [0, 0.1) is 0 Å². The Kier molecular flexibility index (Phi) is 3.40. The summed E-state index contributed by atoms with van der Waals surface area (Å²) in [5.74, 6) is -0.847. The molecular formula is C10H7Cl2N3O3. The molecule has 94 valence electrons. The van der Waals surface area contributed by atoms with Gasteiger partial charge in [0, 0.05) is 12.3 Å². The standard InChI is InChI=1S/C10H7Cl2N3O3/c1-18-8-3-7(10(16)17)15(14-8)9-6(12)2-5(11)4-13-9/h2-4H,1H3,(H,16,17).